The zero-order valence-electron chi connectivity index (χ0n) is 17.1. The Morgan fingerprint density at radius 2 is 1.94 bits per heavy atom. The van der Waals surface area contributed by atoms with Crippen molar-refractivity contribution >= 4 is 22.8 Å². The number of carbonyl (C=O) groups excluding carboxylic acids is 1. The molecule has 1 aliphatic rings. The highest BCUT2D eigenvalue weighted by Crippen LogP contribution is 2.35. The van der Waals surface area contributed by atoms with Crippen molar-refractivity contribution in [2.75, 3.05) is 11.9 Å². The lowest BCUT2D eigenvalue weighted by Crippen LogP contribution is -2.34. The Morgan fingerprint density at radius 3 is 2.77 bits per heavy atom. The van der Waals surface area contributed by atoms with Crippen LogP contribution in [0.25, 0.3) is 22.2 Å². The highest BCUT2D eigenvalue weighted by atomic mass is 19.1. The fraction of sp³-hybridized carbons (Fsp3) is 0.200. The molecule has 4 aromatic rings. The average molecular weight is 415 g/mol. The first-order valence-corrected chi connectivity index (χ1v) is 10.4. The molecule has 0 saturated carbocycles. The Bertz CT molecular complexity index is 1270. The van der Waals surface area contributed by atoms with E-state index in [1.807, 2.05) is 30.3 Å². The van der Waals surface area contributed by atoms with Crippen LogP contribution in [-0.2, 0) is 0 Å². The maximum atomic E-state index is 13.9. The summed E-state index contributed by atoms with van der Waals surface area (Å²) in [5.74, 6) is 0.0512. The van der Waals surface area contributed by atoms with E-state index in [0.717, 1.165) is 29.5 Å². The predicted octanol–water partition coefficient (Wildman–Crippen LogP) is 6.31. The van der Waals surface area contributed by atoms with E-state index in [4.69, 9.17) is 9.40 Å². The molecule has 1 atom stereocenters. The molecule has 0 aliphatic carbocycles. The summed E-state index contributed by atoms with van der Waals surface area (Å²) in [5, 5.41) is 2.67. The van der Waals surface area contributed by atoms with E-state index in [0.29, 0.717) is 18.0 Å². The van der Waals surface area contributed by atoms with Gasteiger partial charge in [0.15, 0.2) is 5.58 Å². The molecule has 1 aromatic heterocycles. The zero-order chi connectivity index (χ0) is 21.4. The minimum Gasteiger partial charge on any atom is -0.438 e. The van der Waals surface area contributed by atoms with Crippen LogP contribution in [0.5, 0.6) is 0 Å². The lowest BCUT2D eigenvalue weighted by molar-refractivity contribution is 0.198. The molecule has 0 radical (unpaired) electrons. The van der Waals surface area contributed by atoms with Crippen molar-refractivity contribution in [1.82, 2.24) is 9.88 Å². The number of aromatic nitrogens is 1. The number of urea groups is 1. The minimum atomic E-state index is -0.461. The zero-order valence-corrected chi connectivity index (χ0v) is 17.1. The quantitative estimate of drug-likeness (QED) is 0.426. The van der Waals surface area contributed by atoms with Gasteiger partial charge in [0, 0.05) is 6.54 Å². The van der Waals surface area contributed by atoms with Crippen LogP contribution < -0.4 is 5.32 Å². The van der Waals surface area contributed by atoms with Gasteiger partial charge in [-0.15, -0.1) is 0 Å². The fourth-order valence-corrected chi connectivity index (χ4v) is 4.17. The second-order valence-electron chi connectivity index (χ2n) is 7.81. The fourth-order valence-electron chi connectivity index (χ4n) is 4.17. The maximum Gasteiger partial charge on any atom is 0.322 e. The van der Waals surface area contributed by atoms with E-state index < -0.39 is 5.82 Å². The van der Waals surface area contributed by atoms with Gasteiger partial charge in [0.2, 0.25) is 5.89 Å². The molecule has 1 aliphatic heterocycles. The Kier molecular flexibility index (Phi) is 4.90. The molecule has 0 spiro atoms. The first-order valence-electron chi connectivity index (χ1n) is 10.4. The van der Waals surface area contributed by atoms with E-state index >= 15 is 0 Å². The summed E-state index contributed by atoms with van der Waals surface area (Å²) in [4.78, 5) is 19.2. The van der Waals surface area contributed by atoms with Crippen LogP contribution in [0.1, 0.15) is 30.3 Å². The first-order chi connectivity index (χ1) is 15.1. The molecule has 2 amide bonds. The molecule has 5 rings (SSSR count). The van der Waals surface area contributed by atoms with Crippen LogP contribution in [0, 0.1) is 12.7 Å². The summed E-state index contributed by atoms with van der Waals surface area (Å²) in [7, 11) is 0. The third kappa shape index (κ3) is 3.65. The molecular weight excluding hydrogens is 393 g/mol. The number of carbonyl (C=O) groups is 1. The predicted molar refractivity (Wildman–Crippen MR) is 118 cm³/mol. The number of benzene rings is 3. The molecule has 5 nitrogen and oxygen atoms in total. The summed E-state index contributed by atoms with van der Waals surface area (Å²) in [5.41, 5.74) is 5.04. The third-order valence-corrected chi connectivity index (χ3v) is 5.77. The SMILES string of the molecule is Cc1ccccc1-c1ccc2oc([C@@H]3CCCN3C(=O)Nc3ccccc3F)nc2c1. The molecule has 156 valence electrons. The van der Waals surface area contributed by atoms with Gasteiger partial charge < -0.3 is 14.6 Å². The Labute approximate surface area is 179 Å². The number of para-hydroxylation sites is 1. The molecular formula is C25H22FN3O2. The van der Waals surface area contributed by atoms with Gasteiger partial charge in [-0.3, -0.25) is 0 Å². The first kappa shape index (κ1) is 19.3. The minimum absolute atomic E-state index is 0.165. The maximum absolute atomic E-state index is 13.9. The van der Waals surface area contributed by atoms with Crippen molar-refractivity contribution in [3.05, 3.63) is 84.0 Å². The second kappa shape index (κ2) is 7.87. The van der Waals surface area contributed by atoms with Crippen molar-refractivity contribution < 1.29 is 13.6 Å². The largest absolute Gasteiger partial charge is 0.438 e. The average Bonchev–Trinajstić information content (AvgIpc) is 3.42. The summed E-state index contributed by atoms with van der Waals surface area (Å²) in [6.45, 7) is 2.65. The van der Waals surface area contributed by atoms with Gasteiger partial charge in [0.05, 0.1) is 5.69 Å². The number of aryl methyl sites for hydroxylation is 1. The van der Waals surface area contributed by atoms with E-state index in [2.05, 4.69) is 24.4 Å². The second-order valence-corrected chi connectivity index (χ2v) is 7.81. The van der Waals surface area contributed by atoms with E-state index in [9.17, 15) is 9.18 Å². The van der Waals surface area contributed by atoms with Gasteiger partial charge in [-0.05, 0) is 60.7 Å². The number of nitrogens with one attached hydrogen (secondary N) is 1. The molecule has 31 heavy (non-hydrogen) atoms. The summed E-state index contributed by atoms with van der Waals surface area (Å²) in [6.07, 6.45) is 1.59. The molecule has 0 bridgehead atoms. The van der Waals surface area contributed by atoms with Gasteiger partial charge >= 0.3 is 6.03 Å². The molecule has 1 N–H and O–H groups in total. The standard InChI is InChI=1S/C25H22FN3O2/c1-16-7-2-3-8-18(16)17-12-13-23-21(15-17)27-24(31-23)22-11-6-14-29(22)25(30)28-20-10-5-4-9-19(20)26/h2-5,7-10,12-13,15,22H,6,11,14H2,1H3,(H,28,30)/t22-/m0/s1. The normalized spacial score (nSPS) is 16.1. The van der Waals surface area contributed by atoms with E-state index in [1.165, 1.54) is 11.6 Å². The lowest BCUT2D eigenvalue weighted by atomic mass is 10.0. The number of halogens is 1. The monoisotopic (exact) mass is 415 g/mol. The number of anilines is 1. The highest BCUT2D eigenvalue weighted by Gasteiger charge is 2.34. The number of hydrogen-bond donors (Lipinski definition) is 1. The molecule has 2 heterocycles. The molecule has 6 heteroatoms. The van der Waals surface area contributed by atoms with Crippen molar-refractivity contribution in [3.63, 3.8) is 0 Å². The number of rotatable bonds is 3. The molecule has 1 saturated heterocycles. The lowest BCUT2D eigenvalue weighted by Gasteiger charge is -2.22. The molecule has 0 unspecified atom stereocenters. The van der Waals surface area contributed by atoms with Crippen molar-refractivity contribution in [3.8, 4) is 11.1 Å². The molecule has 3 aromatic carbocycles. The van der Waals surface area contributed by atoms with Crippen molar-refractivity contribution in [1.29, 1.82) is 0 Å². The van der Waals surface area contributed by atoms with Crippen LogP contribution in [0.15, 0.2) is 71.1 Å². The van der Waals surface area contributed by atoms with Crippen LogP contribution in [0.2, 0.25) is 0 Å². The van der Waals surface area contributed by atoms with Crippen LogP contribution in [-0.4, -0.2) is 22.5 Å². The van der Waals surface area contributed by atoms with Crippen molar-refractivity contribution in [2.24, 2.45) is 0 Å². The number of amides is 2. The van der Waals surface area contributed by atoms with E-state index in [1.54, 1.807) is 23.1 Å². The molecule has 1 fully saturated rings. The van der Waals surface area contributed by atoms with Gasteiger partial charge in [0.25, 0.3) is 0 Å². The van der Waals surface area contributed by atoms with Gasteiger partial charge in [0.1, 0.15) is 17.4 Å². The van der Waals surface area contributed by atoms with Gasteiger partial charge in [-0.25, -0.2) is 14.2 Å². The Morgan fingerprint density at radius 1 is 1.13 bits per heavy atom. The van der Waals surface area contributed by atoms with Crippen LogP contribution >= 0.6 is 0 Å². The summed E-state index contributed by atoms with van der Waals surface area (Å²) in [6, 6.07) is 19.7. The Hall–Kier alpha value is -3.67. The Balaban J connectivity index is 1.42. The number of likely N-dealkylation sites (tertiary alicyclic amines) is 1. The van der Waals surface area contributed by atoms with Gasteiger partial charge in [-0.1, -0.05) is 42.5 Å². The summed E-state index contributed by atoms with van der Waals surface area (Å²) >= 11 is 0. The number of nitrogens with zero attached hydrogens (tertiary/aromatic N) is 2. The van der Waals surface area contributed by atoms with Gasteiger partial charge in [-0.2, -0.15) is 0 Å². The number of fused-ring (bicyclic) bond motifs is 1. The number of hydrogen-bond acceptors (Lipinski definition) is 3. The smallest absolute Gasteiger partial charge is 0.322 e. The van der Waals surface area contributed by atoms with Crippen molar-refractivity contribution in [2.45, 2.75) is 25.8 Å². The summed E-state index contributed by atoms with van der Waals surface area (Å²) < 4.78 is 20.0. The number of oxazole rings is 1. The topological polar surface area (TPSA) is 58.4 Å². The third-order valence-electron chi connectivity index (χ3n) is 5.77. The highest BCUT2D eigenvalue weighted by molar-refractivity contribution is 5.90. The van der Waals surface area contributed by atoms with Crippen LogP contribution in [0.3, 0.4) is 0 Å². The van der Waals surface area contributed by atoms with Crippen LogP contribution in [0.4, 0.5) is 14.9 Å². The van der Waals surface area contributed by atoms with E-state index in [-0.39, 0.29) is 17.8 Å².